The fourth-order valence-corrected chi connectivity index (χ4v) is 1.94. The molecule has 0 radical (unpaired) electrons. The van der Waals surface area contributed by atoms with Gasteiger partial charge in [0.25, 0.3) is 5.83 Å². The first-order valence-electron chi connectivity index (χ1n) is 6.82. The fraction of sp³-hybridized carbons (Fsp3) is 0.800. The van der Waals surface area contributed by atoms with Gasteiger partial charge in [-0.3, -0.25) is 4.74 Å². The maximum absolute atomic E-state index is 14.4. The molecular formula is C10H2F18O5S. The number of ether oxygens (including phenoxy) is 2. The highest BCUT2D eigenvalue weighted by Crippen LogP contribution is 2.61. The van der Waals surface area contributed by atoms with E-state index in [1.807, 2.05) is 0 Å². The quantitative estimate of drug-likeness (QED) is 0.224. The molecule has 0 aliphatic heterocycles. The summed E-state index contributed by atoms with van der Waals surface area (Å²) in [5.41, 5.74) is -8.68. The van der Waals surface area contributed by atoms with Gasteiger partial charge in [0, 0.05) is 0 Å². The molecule has 0 aliphatic rings. The smallest absolute Gasteiger partial charge is 0.250 e. The van der Waals surface area contributed by atoms with Gasteiger partial charge < -0.3 is 0 Å². The molecule has 0 aromatic carbocycles. The fourth-order valence-electron chi connectivity index (χ4n) is 1.58. The molecular weight excluding hydrogens is 574 g/mol. The number of hydrogen-bond donors (Lipinski definition) is 0. The van der Waals surface area contributed by atoms with Crippen LogP contribution in [0.5, 0.6) is 0 Å². The lowest BCUT2D eigenvalue weighted by atomic mass is 9.93. The van der Waals surface area contributed by atoms with Crippen LogP contribution in [0.2, 0.25) is 0 Å². The third-order valence-corrected chi connectivity index (χ3v) is 3.32. The Balaban J connectivity index is 7.27. The molecule has 0 rings (SSSR count). The van der Waals surface area contributed by atoms with Gasteiger partial charge in [-0.15, -0.1) is 0 Å². The maximum Gasteiger partial charge on any atom is 0.442 e. The number of rotatable bonds is 12. The normalized spacial score (nSPS) is 16.9. The molecule has 0 aliphatic carbocycles. The van der Waals surface area contributed by atoms with Gasteiger partial charge in [-0.1, -0.05) is 3.89 Å². The molecule has 0 aromatic rings. The zero-order chi connectivity index (χ0) is 28.0. The van der Waals surface area contributed by atoms with Crippen molar-refractivity contribution in [3.05, 3.63) is 11.9 Å². The van der Waals surface area contributed by atoms with Crippen LogP contribution in [-0.4, -0.2) is 57.2 Å². The second-order valence-electron chi connectivity index (χ2n) is 5.33. The van der Waals surface area contributed by atoms with Gasteiger partial charge in [0.2, 0.25) is 0 Å². The molecule has 0 amide bonds. The molecule has 0 aromatic heterocycles. The molecule has 0 heterocycles. The first kappa shape index (κ1) is 32.3. The van der Waals surface area contributed by atoms with Crippen LogP contribution in [-0.2, 0) is 24.2 Å². The van der Waals surface area contributed by atoms with E-state index in [-0.39, 0.29) is 0 Å². The van der Waals surface area contributed by atoms with Gasteiger partial charge in [0.1, 0.15) is 0 Å². The summed E-state index contributed by atoms with van der Waals surface area (Å²) in [7, 11) is -7.61. The van der Waals surface area contributed by atoms with E-state index >= 15 is 0 Å². The molecule has 0 saturated heterocycles. The Kier molecular flexibility index (Phi) is 8.62. The van der Waals surface area contributed by atoms with Gasteiger partial charge in [-0.25, -0.2) is 13.5 Å². The maximum atomic E-state index is 14.4. The van der Waals surface area contributed by atoms with Gasteiger partial charge in [0.15, 0.2) is 6.67 Å². The highest BCUT2D eigenvalue weighted by atomic mass is 32.3. The van der Waals surface area contributed by atoms with Crippen LogP contribution in [0.3, 0.4) is 0 Å². The van der Waals surface area contributed by atoms with Crippen molar-refractivity contribution in [2.24, 2.45) is 0 Å². The minimum Gasteiger partial charge on any atom is -0.250 e. The molecule has 0 saturated carbocycles. The Morgan fingerprint density at radius 3 is 1.38 bits per heavy atom. The second kappa shape index (κ2) is 9.07. The summed E-state index contributed by atoms with van der Waals surface area (Å²) in [6, 6.07) is 0. The number of hydrogen-bond acceptors (Lipinski definition) is 5. The summed E-state index contributed by atoms with van der Waals surface area (Å²) < 4.78 is 259. The molecule has 0 spiro atoms. The van der Waals surface area contributed by atoms with Crippen LogP contribution in [0.15, 0.2) is 11.9 Å². The summed E-state index contributed by atoms with van der Waals surface area (Å²) in [4.78, 5) is 0. The third kappa shape index (κ3) is 6.10. The van der Waals surface area contributed by atoms with Crippen LogP contribution in [0.4, 0.5) is 78.5 Å². The molecule has 1 unspecified atom stereocenters. The zero-order valence-corrected chi connectivity index (χ0v) is 15.3. The van der Waals surface area contributed by atoms with Crippen molar-refractivity contribution in [1.29, 1.82) is 0 Å². The van der Waals surface area contributed by atoms with E-state index in [0.29, 0.717) is 0 Å². The SMILES string of the molecule is O=S(=O)(F)OC(F)(F)C(F)(F)C(F)(C(F)(F)OC(F)(F)CF)C(F)(F)OC(F)(F)C(F)=C(F)F. The van der Waals surface area contributed by atoms with Crippen molar-refractivity contribution in [3.8, 4) is 0 Å². The van der Waals surface area contributed by atoms with Gasteiger partial charge in [0.05, 0.1) is 0 Å². The van der Waals surface area contributed by atoms with Crippen molar-refractivity contribution < 1.29 is 101 Å². The first-order chi connectivity index (χ1) is 14.5. The third-order valence-electron chi connectivity index (χ3n) is 2.92. The van der Waals surface area contributed by atoms with Gasteiger partial charge in [-0.2, -0.15) is 78.5 Å². The topological polar surface area (TPSA) is 61.8 Å². The lowest BCUT2D eigenvalue weighted by Gasteiger charge is -2.43. The molecule has 1 atom stereocenters. The molecule has 204 valence electrons. The summed E-state index contributed by atoms with van der Waals surface area (Å²) in [5, 5.41) is 0. The van der Waals surface area contributed by atoms with Crippen LogP contribution < -0.4 is 0 Å². The van der Waals surface area contributed by atoms with E-state index in [4.69, 9.17) is 0 Å². The van der Waals surface area contributed by atoms with Crippen molar-refractivity contribution in [3.63, 3.8) is 0 Å². The van der Waals surface area contributed by atoms with Gasteiger partial charge in [-0.05, 0) is 0 Å². The Bertz CT molecular complexity index is 880. The first-order valence-corrected chi connectivity index (χ1v) is 8.13. The Morgan fingerprint density at radius 2 is 1.06 bits per heavy atom. The Morgan fingerprint density at radius 1 is 0.676 bits per heavy atom. The van der Waals surface area contributed by atoms with E-state index in [0.717, 1.165) is 0 Å². The summed E-state index contributed by atoms with van der Waals surface area (Å²) >= 11 is 0. The largest absolute Gasteiger partial charge is 0.442 e. The highest BCUT2D eigenvalue weighted by molar-refractivity contribution is 7.81. The molecule has 0 bridgehead atoms. The molecule has 24 heteroatoms. The van der Waals surface area contributed by atoms with Crippen molar-refractivity contribution in [1.82, 2.24) is 0 Å². The molecule has 0 fully saturated rings. The summed E-state index contributed by atoms with van der Waals surface area (Å²) in [6.45, 7) is -3.69. The van der Waals surface area contributed by atoms with Crippen molar-refractivity contribution in [2.75, 3.05) is 6.67 Å². The van der Waals surface area contributed by atoms with Crippen molar-refractivity contribution in [2.45, 2.75) is 42.1 Å². The Hall–Kier alpha value is -1.69. The van der Waals surface area contributed by atoms with E-state index in [2.05, 4.69) is 0 Å². The van der Waals surface area contributed by atoms with Gasteiger partial charge >= 0.3 is 58.7 Å². The summed E-state index contributed by atoms with van der Waals surface area (Å²) in [5.74, 6) is -13.2. The number of alkyl halides is 14. The van der Waals surface area contributed by atoms with Crippen LogP contribution in [0, 0.1) is 0 Å². The van der Waals surface area contributed by atoms with Crippen LogP contribution in [0.1, 0.15) is 0 Å². The summed E-state index contributed by atoms with van der Waals surface area (Å²) in [6.07, 6.45) is -42.4. The second-order valence-corrected chi connectivity index (χ2v) is 6.28. The average Bonchev–Trinajstić information content (AvgIpc) is 2.55. The average molecular weight is 576 g/mol. The minimum absolute atomic E-state index is 1.39. The number of halogens is 18. The van der Waals surface area contributed by atoms with E-state index in [1.165, 1.54) is 8.92 Å². The lowest BCUT2D eigenvalue weighted by Crippen LogP contribution is -2.75. The van der Waals surface area contributed by atoms with Crippen LogP contribution >= 0.6 is 0 Å². The minimum atomic E-state index is -8.68. The highest BCUT2D eigenvalue weighted by Gasteiger charge is 2.92. The molecule has 0 N–H and O–H groups in total. The van der Waals surface area contributed by atoms with E-state index in [1.54, 1.807) is 4.74 Å². The Labute approximate surface area is 173 Å². The zero-order valence-electron chi connectivity index (χ0n) is 14.5. The predicted octanol–water partition coefficient (Wildman–Crippen LogP) is 5.61. The monoisotopic (exact) mass is 576 g/mol. The predicted molar refractivity (Wildman–Crippen MR) is 63.1 cm³/mol. The lowest BCUT2D eigenvalue weighted by molar-refractivity contribution is -0.527. The van der Waals surface area contributed by atoms with Crippen LogP contribution in [0.25, 0.3) is 0 Å². The van der Waals surface area contributed by atoms with E-state index < -0.39 is 71.2 Å². The molecule has 34 heavy (non-hydrogen) atoms. The standard InChI is InChI=1S/C10H2F18O5S/c11-1-4(15,16)31-8(22,23)6(19,7(20,21)10(26,27)33-34(28,29)30)9(24,25)32-5(17,18)2(12)3(13)14/h1H2. The van der Waals surface area contributed by atoms with Crippen molar-refractivity contribution >= 4 is 10.5 Å². The van der Waals surface area contributed by atoms with E-state index in [9.17, 15) is 86.9 Å². The molecule has 5 nitrogen and oxygen atoms in total.